The van der Waals surface area contributed by atoms with E-state index in [0.29, 0.717) is 46.5 Å². The Morgan fingerprint density at radius 3 is 2.61 bits per heavy atom. The zero-order chi connectivity index (χ0) is 25.0. The van der Waals surface area contributed by atoms with Crippen molar-refractivity contribution in [3.05, 3.63) is 94.1 Å². The number of para-hydroxylation sites is 1. The van der Waals surface area contributed by atoms with Crippen molar-refractivity contribution in [2.75, 3.05) is 18.1 Å². The third-order valence-corrected chi connectivity index (χ3v) is 7.02. The first-order chi connectivity index (χ1) is 17.4. The molecule has 0 radical (unpaired) electrons. The molecule has 0 spiro atoms. The van der Waals surface area contributed by atoms with E-state index in [1.54, 1.807) is 42.6 Å². The zero-order valence-corrected chi connectivity index (χ0v) is 20.0. The van der Waals surface area contributed by atoms with Gasteiger partial charge in [0.2, 0.25) is 0 Å². The lowest BCUT2D eigenvalue weighted by Gasteiger charge is -2.25. The van der Waals surface area contributed by atoms with Gasteiger partial charge >= 0.3 is 0 Å². The van der Waals surface area contributed by atoms with E-state index >= 15 is 0 Å². The monoisotopic (exact) mass is 500 g/mol. The number of H-pyrrole nitrogens is 1. The SMILES string of the molecule is Cc1ccc(N2C(=O)C(=O)/C(=C(/O)c3ccc4c(c3)OCCO4)C2c2c[nH]c3ccccc23)cc1Cl. The van der Waals surface area contributed by atoms with E-state index < -0.39 is 17.7 Å². The molecule has 1 saturated heterocycles. The molecule has 180 valence electrons. The molecule has 2 N–H and O–H groups in total. The van der Waals surface area contributed by atoms with Gasteiger partial charge in [0.15, 0.2) is 11.5 Å². The van der Waals surface area contributed by atoms with Gasteiger partial charge in [0.05, 0.1) is 11.6 Å². The van der Waals surface area contributed by atoms with Crippen LogP contribution in [-0.2, 0) is 9.59 Å². The fourth-order valence-electron chi connectivity index (χ4n) is 4.79. The third kappa shape index (κ3) is 3.43. The largest absolute Gasteiger partial charge is 0.507 e. The molecule has 2 aliphatic rings. The lowest BCUT2D eigenvalue weighted by atomic mass is 9.94. The number of ether oxygens (including phenoxy) is 2. The number of ketones is 1. The fourth-order valence-corrected chi connectivity index (χ4v) is 4.97. The quantitative estimate of drug-likeness (QED) is 0.219. The summed E-state index contributed by atoms with van der Waals surface area (Å²) in [6.45, 7) is 2.67. The minimum absolute atomic E-state index is 0.0156. The number of nitrogens with one attached hydrogen (secondary N) is 1. The van der Waals surface area contributed by atoms with Crippen molar-refractivity contribution >= 4 is 45.6 Å². The smallest absolute Gasteiger partial charge is 0.300 e. The molecule has 7 nitrogen and oxygen atoms in total. The Bertz CT molecular complexity index is 1590. The van der Waals surface area contributed by atoms with Crippen LogP contribution in [0.2, 0.25) is 5.02 Å². The Hall–Kier alpha value is -4.23. The van der Waals surface area contributed by atoms with E-state index in [0.717, 1.165) is 16.5 Å². The standard InChI is InChI=1S/C28H21ClN2O5/c1-15-6-8-17(13-20(15)29)31-25(19-14-30-21-5-3-2-4-18(19)21)24(27(33)28(31)34)26(32)16-7-9-22-23(12-16)36-11-10-35-22/h2-9,12-14,25,30,32H,10-11H2,1H3/b26-24+. The fraction of sp³-hybridized carbons (Fsp3) is 0.143. The predicted octanol–water partition coefficient (Wildman–Crippen LogP) is 5.53. The average molecular weight is 501 g/mol. The molecule has 6 rings (SSSR count). The Morgan fingerprint density at radius 1 is 1.03 bits per heavy atom. The summed E-state index contributed by atoms with van der Waals surface area (Å²) in [7, 11) is 0. The van der Waals surface area contributed by atoms with Crippen LogP contribution >= 0.6 is 11.6 Å². The van der Waals surface area contributed by atoms with E-state index in [1.165, 1.54) is 4.90 Å². The van der Waals surface area contributed by atoms with Gasteiger partial charge in [-0.3, -0.25) is 14.5 Å². The molecule has 2 aliphatic heterocycles. The highest BCUT2D eigenvalue weighted by atomic mass is 35.5. The Morgan fingerprint density at radius 2 is 1.81 bits per heavy atom. The number of nitrogens with zero attached hydrogens (tertiary/aromatic N) is 1. The Kier molecular flexibility index (Phi) is 5.23. The number of aliphatic hydroxyl groups excluding tert-OH is 1. The van der Waals surface area contributed by atoms with Crippen LogP contribution in [0.1, 0.15) is 22.7 Å². The number of aliphatic hydroxyl groups is 1. The maximum Gasteiger partial charge on any atom is 0.300 e. The van der Waals surface area contributed by atoms with Gasteiger partial charge < -0.3 is 19.6 Å². The summed E-state index contributed by atoms with van der Waals surface area (Å²) in [6.07, 6.45) is 1.76. The highest BCUT2D eigenvalue weighted by Gasteiger charge is 2.48. The van der Waals surface area contributed by atoms with E-state index in [1.807, 2.05) is 31.2 Å². The van der Waals surface area contributed by atoms with Crippen molar-refractivity contribution in [1.82, 2.24) is 4.98 Å². The number of halogens is 1. The molecule has 1 amide bonds. The van der Waals surface area contributed by atoms with Gasteiger partial charge in [0.1, 0.15) is 19.0 Å². The molecule has 4 aromatic rings. The first-order valence-electron chi connectivity index (χ1n) is 11.5. The molecule has 1 atom stereocenters. The van der Waals surface area contributed by atoms with E-state index in [-0.39, 0.29) is 11.3 Å². The second kappa shape index (κ2) is 8.46. The van der Waals surface area contributed by atoms with Crippen LogP contribution < -0.4 is 14.4 Å². The van der Waals surface area contributed by atoms with Crippen molar-refractivity contribution in [3.63, 3.8) is 0 Å². The van der Waals surface area contributed by atoms with Gasteiger partial charge in [-0.15, -0.1) is 0 Å². The topological polar surface area (TPSA) is 91.9 Å². The summed E-state index contributed by atoms with van der Waals surface area (Å²) in [5.41, 5.74) is 3.17. The van der Waals surface area contributed by atoms with Crippen LogP contribution in [0.25, 0.3) is 16.7 Å². The molecule has 36 heavy (non-hydrogen) atoms. The van der Waals surface area contributed by atoms with Gasteiger partial charge in [-0.05, 0) is 48.9 Å². The Labute approximate surface area is 211 Å². The van der Waals surface area contributed by atoms with Crippen LogP contribution in [0.5, 0.6) is 11.5 Å². The van der Waals surface area contributed by atoms with Crippen LogP contribution in [-0.4, -0.2) is 35.0 Å². The summed E-state index contributed by atoms with van der Waals surface area (Å²) >= 11 is 6.39. The number of hydrogen-bond acceptors (Lipinski definition) is 5. The van der Waals surface area contributed by atoms with E-state index in [4.69, 9.17) is 21.1 Å². The van der Waals surface area contributed by atoms with E-state index in [2.05, 4.69) is 4.98 Å². The number of aryl methyl sites for hydroxylation is 1. The number of carbonyl (C=O) groups excluding carboxylic acids is 2. The molecule has 8 heteroatoms. The molecular weight excluding hydrogens is 480 g/mol. The number of rotatable bonds is 3. The average Bonchev–Trinajstić information content (AvgIpc) is 3.43. The first kappa shape index (κ1) is 22.2. The molecule has 0 saturated carbocycles. The second-order valence-electron chi connectivity index (χ2n) is 8.75. The summed E-state index contributed by atoms with van der Waals surface area (Å²) in [4.78, 5) is 31.5. The molecule has 1 unspecified atom stereocenters. The normalized spacial score (nSPS) is 18.7. The van der Waals surface area contributed by atoms with Crippen LogP contribution in [0.3, 0.4) is 0 Å². The molecular formula is C28H21ClN2O5. The lowest BCUT2D eigenvalue weighted by Crippen LogP contribution is -2.29. The van der Waals surface area contributed by atoms with Crippen molar-refractivity contribution in [1.29, 1.82) is 0 Å². The summed E-state index contributed by atoms with van der Waals surface area (Å²) in [5, 5.41) is 12.8. The predicted molar refractivity (Wildman–Crippen MR) is 137 cm³/mol. The number of aromatic amines is 1. The van der Waals surface area contributed by atoms with Crippen LogP contribution in [0.4, 0.5) is 5.69 Å². The third-order valence-electron chi connectivity index (χ3n) is 6.61. The minimum atomic E-state index is -0.881. The summed E-state index contributed by atoms with van der Waals surface area (Å²) in [6, 6.07) is 16.9. The molecule has 1 fully saturated rings. The maximum atomic E-state index is 13.5. The van der Waals surface area contributed by atoms with Crippen molar-refractivity contribution in [2.45, 2.75) is 13.0 Å². The first-order valence-corrected chi connectivity index (χ1v) is 11.8. The van der Waals surface area contributed by atoms with Crippen molar-refractivity contribution < 1.29 is 24.2 Å². The zero-order valence-electron chi connectivity index (χ0n) is 19.2. The molecule has 1 aromatic heterocycles. The highest BCUT2D eigenvalue weighted by molar-refractivity contribution is 6.52. The van der Waals surface area contributed by atoms with Gasteiger partial charge in [-0.25, -0.2) is 0 Å². The number of Topliss-reactive ketones (excluding diaryl/α,β-unsaturated/α-hetero) is 1. The number of anilines is 1. The van der Waals surface area contributed by atoms with E-state index in [9.17, 15) is 14.7 Å². The summed E-state index contributed by atoms with van der Waals surface area (Å²) < 4.78 is 11.2. The molecule has 3 heterocycles. The van der Waals surface area contributed by atoms with Crippen molar-refractivity contribution in [2.24, 2.45) is 0 Å². The molecule has 3 aromatic carbocycles. The number of hydrogen-bond donors (Lipinski definition) is 2. The van der Waals surface area contributed by atoms with Gasteiger partial charge in [0.25, 0.3) is 11.7 Å². The molecule has 0 bridgehead atoms. The summed E-state index contributed by atoms with van der Waals surface area (Å²) in [5.74, 6) is -0.797. The maximum absolute atomic E-state index is 13.5. The Balaban J connectivity index is 1.58. The number of benzene rings is 3. The van der Waals surface area contributed by atoms with Gasteiger partial charge in [-0.2, -0.15) is 0 Å². The molecule has 0 aliphatic carbocycles. The van der Waals surface area contributed by atoms with Crippen LogP contribution in [0, 0.1) is 6.92 Å². The number of carbonyl (C=O) groups is 2. The second-order valence-corrected chi connectivity index (χ2v) is 9.16. The number of amides is 1. The highest BCUT2D eigenvalue weighted by Crippen LogP contribution is 2.45. The van der Waals surface area contributed by atoms with Crippen molar-refractivity contribution in [3.8, 4) is 11.5 Å². The van der Waals surface area contributed by atoms with Gasteiger partial charge in [0, 0.05) is 38.9 Å². The number of aromatic nitrogens is 1. The van der Waals surface area contributed by atoms with Crippen LogP contribution in [0.15, 0.2) is 72.4 Å². The minimum Gasteiger partial charge on any atom is -0.507 e. The lowest BCUT2D eigenvalue weighted by molar-refractivity contribution is -0.132. The van der Waals surface area contributed by atoms with Gasteiger partial charge in [-0.1, -0.05) is 35.9 Å². The number of fused-ring (bicyclic) bond motifs is 2.